The van der Waals surface area contributed by atoms with Crippen molar-refractivity contribution in [3.63, 3.8) is 0 Å². The Hall–Kier alpha value is -2.71. The summed E-state index contributed by atoms with van der Waals surface area (Å²) in [4.78, 5) is 26.8. The minimum Gasteiger partial charge on any atom is -0.379 e. The van der Waals surface area contributed by atoms with Gasteiger partial charge in [-0.3, -0.25) is 14.5 Å². The van der Waals surface area contributed by atoms with Gasteiger partial charge < -0.3 is 19.9 Å². The molecule has 29 heavy (non-hydrogen) atoms. The number of hydrogen-bond donors (Lipinski definition) is 2. The molecular weight excluding hydrogens is 375 g/mol. The fraction of sp³-hybridized carbons (Fsp3) is 0.429. The molecule has 0 bridgehead atoms. The average molecular weight is 402 g/mol. The Bertz CT molecular complexity index is 875. The number of benzene rings is 1. The summed E-state index contributed by atoms with van der Waals surface area (Å²) in [6.07, 6.45) is 0. The van der Waals surface area contributed by atoms with Crippen molar-refractivity contribution in [3.05, 3.63) is 53.1 Å². The molecule has 1 aliphatic rings. The number of amides is 2. The van der Waals surface area contributed by atoms with Crippen molar-refractivity contribution < 1.29 is 18.7 Å². The van der Waals surface area contributed by atoms with Gasteiger partial charge in [0.1, 0.15) is 5.82 Å². The summed E-state index contributed by atoms with van der Waals surface area (Å²) in [5.74, 6) is -0.959. The highest BCUT2D eigenvalue weighted by Crippen LogP contribution is 2.22. The molecule has 2 N–H and O–H groups in total. The molecule has 1 aromatic heterocycles. The van der Waals surface area contributed by atoms with Crippen LogP contribution in [0.15, 0.2) is 30.3 Å². The van der Waals surface area contributed by atoms with Gasteiger partial charge in [-0.2, -0.15) is 0 Å². The van der Waals surface area contributed by atoms with E-state index in [0.29, 0.717) is 23.5 Å². The van der Waals surface area contributed by atoms with E-state index in [1.807, 2.05) is 6.92 Å². The molecule has 1 aliphatic heterocycles. The van der Waals surface area contributed by atoms with Crippen molar-refractivity contribution in [1.82, 2.24) is 20.1 Å². The fourth-order valence-corrected chi connectivity index (χ4v) is 3.49. The molecule has 3 rings (SSSR count). The molecule has 0 radical (unpaired) electrons. The lowest BCUT2D eigenvalue weighted by atomic mass is 10.2. The maximum absolute atomic E-state index is 14.2. The number of nitrogens with one attached hydrogen (secondary N) is 2. The highest BCUT2D eigenvalue weighted by Gasteiger charge is 2.19. The van der Waals surface area contributed by atoms with E-state index in [-0.39, 0.29) is 24.2 Å². The van der Waals surface area contributed by atoms with E-state index in [0.717, 1.165) is 38.5 Å². The maximum atomic E-state index is 14.2. The molecule has 0 saturated carbocycles. The number of carbonyl (C=O) groups is 2. The zero-order valence-electron chi connectivity index (χ0n) is 16.8. The van der Waals surface area contributed by atoms with Crippen molar-refractivity contribution >= 4 is 11.8 Å². The topological polar surface area (TPSA) is 75.6 Å². The van der Waals surface area contributed by atoms with E-state index in [1.165, 1.54) is 6.07 Å². The number of para-hydroxylation sites is 1. The number of rotatable bonds is 7. The number of carbonyl (C=O) groups excluding carboxylic acids is 2. The minimum atomic E-state index is -0.360. The highest BCUT2D eigenvalue weighted by molar-refractivity contribution is 5.97. The van der Waals surface area contributed by atoms with Crippen molar-refractivity contribution in [2.45, 2.75) is 13.8 Å². The number of nitrogens with zero attached hydrogens (tertiary/aromatic N) is 2. The van der Waals surface area contributed by atoms with E-state index in [4.69, 9.17) is 4.74 Å². The number of halogens is 1. The summed E-state index contributed by atoms with van der Waals surface area (Å²) in [6, 6.07) is 8.12. The maximum Gasteiger partial charge on any atom is 0.253 e. The Balaban J connectivity index is 1.54. The molecule has 2 heterocycles. The Morgan fingerprint density at radius 3 is 2.59 bits per heavy atom. The van der Waals surface area contributed by atoms with Gasteiger partial charge in [0.2, 0.25) is 5.91 Å². The molecule has 1 saturated heterocycles. The normalized spacial score (nSPS) is 14.6. The second-order valence-electron chi connectivity index (χ2n) is 7.06. The number of aromatic nitrogens is 1. The third-order valence-corrected chi connectivity index (χ3v) is 5.03. The second kappa shape index (κ2) is 9.67. The van der Waals surface area contributed by atoms with Crippen LogP contribution in [0.1, 0.15) is 21.7 Å². The molecule has 0 unspecified atom stereocenters. The first-order valence-corrected chi connectivity index (χ1v) is 9.76. The van der Waals surface area contributed by atoms with E-state index < -0.39 is 0 Å². The smallest absolute Gasteiger partial charge is 0.253 e. The third-order valence-electron chi connectivity index (χ3n) is 5.03. The minimum absolute atomic E-state index is 0.106. The molecule has 8 heteroatoms. The van der Waals surface area contributed by atoms with Gasteiger partial charge in [-0.25, -0.2) is 4.39 Å². The van der Waals surface area contributed by atoms with Crippen LogP contribution in [0.5, 0.6) is 0 Å². The summed E-state index contributed by atoms with van der Waals surface area (Å²) in [5, 5.41) is 5.45. The third kappa shape index (κ3) is 5.21. The fourth-order valence-electron chi connectivity index (χ4n) is 3.49. The van der Waals surface area contributed by atoms with Gasteiger partial charge in [-0.1, -0.05) is 12.1 Å². The molecule has 2 aromatic rings. The first-order valence-electron chi connectivity index (χ1n) is 9.76. The van der Waals surface area contributed by atoms with Crippen LogP contribution in [-0.2, 0) is 9.53 Å². The van der Waals surface area contributed by atoms with Crippen LogP contribution in [0.2, 0.25) is 0 Å². The number of aryl methyl sites for hydroxylation is 1. The van der Waals surface area contributed by atoms with Gasteiger partial charge in [0.05, 0.1) is 31.0 Å². The van der Waals surface area contributed by atoms with E-state index in [9.17, 15) is 14.0 Å². The van der Waals surface area contributed by atoms with Crippen molar-refractivity contribution in [1.29, 1.82) is 0 Å². The molecule has 156 valence electrons. The van der Waals surface area contributed by atoms with Gasteiger partial charge in [-0.15, -0.1) is 0 Å². The Morgan fingerprint density at radius 1 is 1.14 bits per heavy atom. The summed E-state index contributed by atoms with van der Waals surface area (Å²) in [7, 11) is 0. The lowest BCUT2D eigenvalue weighted by molar-refractivity contribution is -0.120. The van der Waals surface area contributed by atoms with Gasteiger partial charge in [0, 0.05) is 37.6 Å². The molecule has 0 atom stereocenters. The van der Waals surface area contributed by atoms with Crippen LogP contribution in [0.4, 0.5) is 4.39 Å². The second-order valence-corrected chi connectivity index (χ2v) is 7.06. The summed E-state index contributed by atoms with van der Waals surface area (Å²) in [5.41, 5.74) is 2.18. The van der Waals surface area contributed by atoms with Crippen LogP contribution in [0.3, 0.4) is 0 Å². The van der Waals surface area contributed by atoms with Crippen LogP contribution < -0.4 is 10.6 Å². The zero-order chi connectivity index (χ0) is 20.8. The Morgan fingerprint density at radius 2 is 1.86 bits per heavy atom. The van der Waals surface area contributed by atoms with Gasteiger partial charge in [-0.05, 0) is 32.0 Å². The lowest BCUT2D eigenvalue weighted by Crippen LogP contribution is -2.43. The van der Waals surface area contributed by atoms with Crippen molar-refractivity contribution in [2.75, 3.05) is 45.9 Å². The van der Waals surface area contributed by atoms with Gasteiger partial charge >= 0.3 is 0 Å². The van der Waals surface area contributed by atoms with E-state index in [1.54, 1.807) is 35.8 Å². The number of hydrogen-bond acceptors (Lipinski definition) is 4. The SMILES string of the molecule is Cc1cc(C(=O)NCC(=O)NCCN2CCOCC2)c(C)n1-c1ccccc1F. The standard InChI is InChI=1S/C21H27FN4O3/c1-15-13-17(16(2)26(15)19-6-4-3-5-18(19)22)21(28)24-14-20(27)23-7-8-25-9-11-29-12-10-25/h3-6,13H,7-12,14H2,1-2H3,(H,23,27)(H,24,28). The van der Waals surface area contributed by atoms with Crippen molar-refractivity contribution in [3.8, 4) is 5.69 Å². The van der Waals surface area contributed by atoms with Crippen LogP contribution in [-0.4, -0.2) is 67.2 Å². The summed E-state index contributed by atoms with van der Waals surface area (Å²) in [6.45, 7) is 7.92. The average Bonchev–Trinajstić information content (AvgIpc) is 3.01. The Kier molecular flexibility index (Phi) is 7.00. The van der Waals surface area contributed by atoms with Crippen LogP contribution in [0.25, 0.3) is 5.69 Å². The number of ether oxygens (including phenoxy) is 1. The largest absolute Gasteiger partial charge is 0.379 e. The quantitative estimate of drug-likeness (QED) is 0.734. The summed E-state index contributed by atoms with van der Waals surface area (Å²) >= 11 is 0. The summed E-state index contributed by atoms with van der Waals surface area (Å²) < 4.78 is 21.2. The monoisotopic (exact) mass is 402 g/mol. The molecule has 0 spiro atoms. The molecule has 2 amide bonds. The molecule has 1 aromatic carbocycles. The molecule has 7 nitrogen and oxygen atoms in total. The predicted molar refractivity (Wildman–Crippen MR) is 108 cm³/mol. The number of morpholine rings is 1. The van der Waals surface area contributed by atoms with Gasteiger partial charge in [0.15, 0.2) is 0 Å². The van der Waals surface area contributed by atoms with E-state index in [2.05, 4.69) is 15.5 Å². The Labute approximate surface area is 169 Å². The first-order chi connectivity index (χ1) is 14.0. The zero-order valence-corrected chi connectivity index (χ0v) is 16.8. The van der Waals surface area contributed by atoms with Gasteiger partial charge in [0.25, 0.3) is 5.91 Å². The molecule has 0 aliphatic carbocycles. The predicted octanol–water partition coefficient (Wildman–Crippen LogP) is 1.41. The molecule has 1 fully saturated rings. The van der Waals surface area contributed by atoms with Crippen LogP contribution >= 0.6 is 0 Å². The van der Waals surface area contributed by atoms with E-state index >= 15 is 0 Å². The molecular formula is C21H27FN4O3. The lowest BCUT2D eigenvalue weighted by Gasteiger charge is -2.26. The van der Waals surface area contributed by atoms with Crippen LogP contribution in [0, 0.1) is 19.7 Å². The highest BCUT2D eigenvalue weighted by atomic mass is 19.1. The van der Waals surface area contributed by atoms with Crippen molar-refractivity contribution in [2.24, 2.45) is 0 Å². The first kappa shape index (κ1) is 21.0.